The van der Waals surface area contributed by atoms with Crippen LogP contribution in [0.1, 0.15) is 19.4 Å². The van der Waals surface area contributed by atoms with E-state index in [2.05, 4.69) is 0 Å². The Morgan fingerprint density at radius 3 is 2.38 bits per heavy atom. The number of rotatable bonds is 7. The second-order valence-electron chi connectivity index (χ2n) is 3.93. The van der Waals surface area contributed by atoms with E-state index in [-0.39, 0.29) is 18.8 Å². The molecule has 3 heteroatoms. The lowest BCUT2D eigenvalue weighted by atomic mass is 10.2. The molecule has 0 aliphatic rings. The van der Waals surface area contributed by atoms with Gasteiger partial charge in [0.2, 0.25) is 0 Å². The van der Waals surface area contributed by atoms with Gasteiger partial charge in [0.25, 0.3) is 0 Å². The van der Waals surface area contributed by atoms with Gasteiger partial charge in [0.05, 0.1) is 32.0 Å². The van der Waals surface area contributed by atoms with Crippen molar-refractivity contribution in [2.24, 2.45) is 0 Å². The summed E-state index contributed by atoms with van der Waals surface area (Å²) in [6.07, 6.45) is -0.0861. The molecule has 1 N–H and O–H groups in total. The van der Waals surface area contributed by atoms with E-state index in [1.54, 1.807) is 0 Å². The molecule has 0 radical (unpaired) electrons. The van der Waals surface area contributed by atoms with E-state index in [0.29, 0.717) is 13.2 Å². The van der Waals surface area contributed by atoms with Crippen molar-refractivity contribution >= 4 is 0 Å². The quantitative estimate of drug-likeness (QED) is 0.769. The number of aliphatic hydroxyl groups excluding tert-OH is 1. The Morgan fingerprint density at radius 1 is 1.06 bits per heavy atom. The largest absolute Gasteiger partial charge is 0.394 e. The summed E-state index contributed by atoms with van der Waals surface area (Å²) < 4.78 is 11.0. The monoisotopic (exact) mass is 224 g/mol. The van der Waals surface area contributed by atoms with Crippen LogP contribution in [0.5, 0.6) is 0 Å². The smallest absolute Gasteiger partial charge is 0.0785 e. The van der Waals surface area contributed by atoms with Gasteiger partial charge in [-0.05, 0) is 19.4 Å². The van der Waals surface area contributed by atoms with Crippen molar-refractivity contribution in [1.82, 2.24) is 0 Å². The molecule has 1 aromatic carbocycles. The fourth-order valence-corrected chi connectivity index (χ4v) is 1.21. The summed E-state index contributed by atoms with van der Waals surface area (Å²) in [5, 5.41) is 8.79. The highest BCUT2D eigenvalue weighted by molar-refractivity contribution is 5.13. The molecule has 0 bridgehead atoms. The number of ether oxygens (including phenoxy) is 2. The van der Waals surface area contributed by atoms with E-state index >= 15 is 0 Å². The summed E-state index contributed by atoms with van der Waals surface area (Å²) in [6.45, 7) is 4.95. The average Bonchev–Trinajstić information content (AvgIpc) is 2.34. The normalized spacial score (nSPS) is 14.7. The molecule has 2 unspecified atom stereocenters. The van der Waals surface area contributed by atoms with Crippen LogP contribution in [0.3, 0.4) is 0 Å². The molecule has 0 fully saturated rings. The van der Waals surface area contributed by atoms with Crippen LogP contribution in [0.4, 0.5) is 0 Å². The molecule has 1 aromatic rings. The maximum absolute atomic E-state index is 8.79. The fraction of sp³-hybridized carbons (Fsp3) is 0.538. The molecule has 90 valence electrons. The molecule has 2 atom stereocenters. The first-order valence-corrected chi connectivity index (χ1v) is 5.60. The Kier molecular flexibility index (Phi) is 6.08. The van der Waals surface area contributed by atoms with Crippen LogP contribution in [0.25, 0.3) is 0 Å². The van der Waals surface area contributed by atoms with Crippen molar-refractivity contribution in [3.8, 4) is 0 Å². The van der Waals surface area contributed by atoms with Crippen LogP contribution in [0, 0.1) is 0 Å². The highest BCUT2D eigenvalue weighted by atomic mass is 16.5. The van der Waals surface area contributed by atoms with Crippen molar-refractivity contribution in [2.45, 2.75) is 32.7 Å². The molecule has 3 nitrogen and oxygen atoms in total. The average molecular weight is 224 g/mol. The number of aliphatic hydroxyl groups is 1. The molecule has 0 spiro atoms. The van der Waals surface area contributed by atoms with Crippen molar-refractivity contribution in [3.05, 3.63) is 35.9 Å². The lowest BCUT2D eigenvalue weighted by Gasteiger charge is -2.16. The first kappa shape index (κ1) is 13.2. The van der Waals surface area contributed by atoms with Gasteiger partial charge in [0, 0.05) is 0 Å². The van der Waals surface area contributed by atoms with Crippen LogP contribution in [0.2, 0.25) is 0 Å². The van der Waals surface area contributed by atoms with E-state index in [4.69, 9.17) is 14.6 Å². The minimum Gasteiger partial charge on any atom is -0.394 e. The van der Waals surface area contributed by atoms with Crippen molar-refractivity contribution in [3.63, 3.8) is 0 Å². The predicted octanol–water partition coefficient (Wildman–Crippen LogP) is 1.99. The fourth-order valence-electron chi connectivity index (χ4n) is 1.21. The Bertz CT molecular complexity index is 274. The van der Waals surface area contributed by atoms with Crippen molar-refractivity contribution in [1.29, 1.82) is 0 Å². The van der Waals surface area contributed by atoms with Gasteiger partial charge in [0.15, 0.2) is 0 Å². The van der Waals surface area contributed by atoms with Crippen molar-refractivity contribution in [2.75, 3.05) is 13.2 Å². The van der Waals surface area contributed by atoms with E-state index in [0.717, 1.165) is 5.56 Å². The molecular formula is C13H20O3. The van der Waals surface area contributed by atoms with Crippen LogP contribution in [0.15, 0.2) is 30.3 Å². The summed E-state index contributed by atoms with van der Waals surface area (Å²) in [4.78, 5) is 0. The molecule has 0 aromatic heterocycles. The summed E-state index contributed by atoms with van der Waals surface area (Å²) >= 11 is 0. The number of hydrogen-bond donors (Lipinski definition) is 1. The third kappa shape index (κ3) is 5.26. The van der Waals surface area contributed by atoms with Gasteiger partial charge >= 0.3 is 0 Å². The molecule has 0 saturated carbocycles. The summed E-state index contributed by atoms with van der Waals surface area (Å²) in [5.41, 5.74) is 1.16. The summed E-state index contributed by atoms with van der Waals surface area (Å²) in [5.74, 6) is 0. The van der Waals surface area contributed by atoms with Gasteiger partial charge < -0.3 is 14.6 Å². The standard InChI is InChI=1S/C13H20O3/c1-11(8-14)15-9-12(2)16-10-13-6-4-3-5-7-13/h3-7,11-12,14H,8-10H2,1-2H3. The van der Waals surface area contributed by atoms with Crippen molar-refractivity contribution < 1.29 is 14.6 Å². The zero-order chi connectivity index (χ0) is 11.8. The van der Waals surface area contributed by atoms with Gasteiger partial charge in [-0.25, -0.2) is 0 Å². The third-order valence-electron chi connectivity index (χ3n) is 2.25. The van der Waals surface area contributed by atoms with Gasteiger partial charge in [-0.3, -0.25) is 0 Å². The van der Waals surface area contributed by atoms with E-state index in [1.807, 2.05) is 44.2 Å². The first-order valence-electron chi connectivity index (χ1n) is 5.60. The van der Waals surface area contributed by atoms with Crippen LogP contribution >= 0.6 is 0 Å². The molecule has 0 heterocycles. The van der Waals surface area contributed by atoms with Gasteiger partial charge in [-0.2, -0.15) is 0 Å². The Morgan fingerprint density at radius 2 is 1.75 bits per heavy atom. The van der Waals surface area contributed by atoms with Gasteiger partial charge in [0.1, 0.15) is 0 Å². The predicted molar refractivity (Wildman–Crippen MR) is 63.2 cm³/mol. The first-order chi connectivity index (χ1) is 7.72. The van der Waals surface area contributed by atoms with Crippen LogP contribution < -0.4 is 0 Å². The second-order valence-corrected chi connectivity index (χ2v) is 3.93. The molecule has 16 heavy (non-hydrogen) atoms. The number of benzene rings is 1. The van der Waals surface area contributed by atoms with Crippen LogP contribution in [-0.4, -0.2) is 30.5 Å². The molecule has 0 saturated heterocycles. The zero-order valence-electron chi connectivity index (χ0n) is 9.93. The van der Waals surface area contributed by atoms with Crippen LogP contribution in [-0.2, 0) is 16.1 Å². The Balaban J connectivity index is 2.18. The molecule has 0 amide bonds. The lowest BCUT2D eigenvalue weighted by molar-refractivity contribution is -0.0504. The minimum absolute atomic E-state index is 0.0363. The topological polar surface area (TPSA) is 38.7 Å². The summed E-state index contributed by atoms with van der Waals surface area (Å²) in [6, 6.07) is 10.0. The Hall–Kier alpha value is -0.900. The lowest BCUT2D eigenvalue weighted by Crippen LogP contribution is -2.22. The SMILES string of the molecule is CC(CO)OCC(C)OCc1ccccc1. The van der Waals surface area contributed by atoms with E-state index in [1.165, 1.54) is 0 Å². The maximum Gasteiger partial charge on any atom is 0.0785 e. The molecule has 0 aliphatic carbocycles. The van der Waals surface area contributed by atoms with E-state index < -0.39 is 0 Å². The minimum atomic E-state index is -0.122. The highest BCUT2D eigenvalue weighted by Crippen LogP contribution is 2.04. The second kappa shape index (κ2) is 7.39. The van der Waals surface area contributed by atoms with Gasteiger partial charge in [-0.15, -0.1) is 0 Å². The number of hydrogen-bond acceptors (Lipinski definition) is 3. The molecule has 0 aliphatic heterocycles. The molecular weight excluding hydrogens is 204 g/mol. The summed E-state index contributed by atoms with van der Waals surface area (Å²) in [7, 11) is 0. The molecule has 1 rings (SSSR count). The maximum atomic E-state index is 8.79. The van der Waals surface area contributed by atoms with Gasteiger partial charge in [-0.1, -0.05) is 30.3 Å². The van der Waals surface area contributed by atoms with E-state index in [9.17, 15) is 0 Å². The zero-order valence-corrected chi connectivity index (χ0v) is 9.93. The Labute approximate surface area is 97.0 Å². The third-order valence-corrected chi connectivity index (χ3v) is 2.25. The highest BCUT2D eigenvalue weighted by Gasteiger charge is 2.06.